The molecular formula is C22H25ClF3N5O5. The SMILES string of the molecule is C[C@@H](COCCC(=O)N1CCN2c3ncc(Cl)cc3OCC[C@@H]2C1)Oc1cn[nH]c(=O)c1C(F)(F)F. The summed E-state index contributed by atoms with van der Waals surface area (Å²) >= 11 is 6.03. The van der Waals surface area contributed by atoms with E-state index in [1.54, 1.807) is 22.3 Å². The first-order chi connectivity index (χ1) is 17.1. The minimum Gasteiger partial charge on any atom is -0.490 e. The summed E-state index contributed by atoms with van der Waals surface area (Å²) in [6.07, 6.45) is -2.49. The quantitative estimate of drug-likeness (QED) is 0.543. The largest absolute Gasteiger partial charge is 0.490 e. The van der Waals surface area contributed by atoms with Gasteiger partial charge in [-0.1, -0.05) is 11.6 Å². The third kappa shape index (κ3) is 6.01. The molecule has 10 nitrogen and oxygen atoms in total. The van der Waals surface area contributed by atoms with Gasteiger partial charge >= 0.3 is 6.18 Å². The molecule has 0 spiro atoms. The van der Waals surface area contributed by atoms with Crippen molar-refractivity contribution < 1.29 is 32.2 Å². The second-order valence-corrected chi connectivity index (χ2v) is 8.93. The number of aromatic amines is 1. The molecule has 0 aromatic carbocycles. The molecule has 0 aliphatic carbocycles. The van der Waals surface area contributed by atoms with E-state index in [-0.39, 0.29) is 31.6 Å². The number of carbonyl (C=O) groups excluding carboxylic acids is 1. The molecule has 1 N–H and O–H groups in total. The second kappa shape index (κ2) is 10.9. The molecule has 1 saturated heterocycles. The highest BCUT2D eigenvalue weighted by Crippen LogP contribution is 2.35. The van der Waals surface area contributed by atoms with Gasteiger partial charge in [0.05, 0.1) is 43.5 Å². The van der Waals surface area contributed by atoms with E-state index >= 15 is 0 Å². The van der Waals surface area contributed by atoms with Crippen LogP contribution in [0, 0.1) is 0 Å². The van der Waals surface area contributed by atoms with E-state index in [0.29, 0.717) is 37.0 Å². The van der Waals surface area contributed by atoms with Crippen molar-refractivity contribution in [3.8, 4) is 11.5 Å². The summed E-state index contributed by atoms with van der Waals surface area (Å²) in [5, 5.41) is 5.60. The number of ether oxygens (including phenoxy) is 3. The molecule has 1 amide bonds. The fourth-order valence-electron chi connectivity index (χ4n) is 4.21. The van der Waals surface area contributed by atoms with Gasteiger partial charge in [-0.05, 0) is 6.92 Å². The lowest BCUT2D eigenvalue weighted by Gasteiger charge is -2.41. The van der Waals surface area contributed by atoms with E-state index in [0.717, 1.165) is 18.4 Å². The number of H-pyrrole nitrogens is 1. The highest BCUT2D eigenvalue weighted by atomic mass is 35.5. The Kier molecular flexibility index (Phi) is 7.88. The highest BCUT2D eigenvalue weighted by molar-refractivity contribution is 6.30. The monoisotopic (exact) mass is 531 g/mol. The molecule has 0 saturated carbocycles. The summed E-state index contributed by atoms with van der Waals surface area (Å²) in [7, 11) is 0. The summed E-state index contributed by atoms with van der Waals surface area (Å²) in [6, 6.07) is 1.79. The molecular weight excluding hydrogens is 507 g/mol. The smallest absolute Gasteiger partial charge is 0.425 e. The molecule has 0 bridgehead atoms. The van der Waals surface area contributed by atoms with Gasteiger partial charge in [-0.25, -0.2) is 10.1 Å². The zero-order valence-corrected chi connectivity index (χ0v) is 20.1. The number of hydrogen-bond donors (Lipinski definition) is 1. The summed E-state index contributed by atoms with van der Waals surface area (Å²) < 4.78 is 55.9. The van der Waals surface area contributed by atoms with Crippen molar-refractivity contribution in [2.75, 3.05) is 44.4 Å². The van der Waals surface area contributed by atoms with E-state index in [2.05, 4.69) is 15.0 Å². The first kappa shape index (κ1) is 26.0. The molecule has 14 heteroatoms. The Morgan fingerprint density at radius 1 is 1.36 bits per heavy atom. The van der Waals surface area contributed by atoms with Crippen LogP contribution >= 0.6 is 11.6 Å². The third-order valence-electron chi connectivity index (χ3n) is 5.86. The van der Waals surface area contributed by atoms with Crippen molar-refractivity contribution in [2.24, 2.45) is 0 Å². The van der Waals surface area contributed by atoms with Crippen molar-refractivity contribution >= 4 is 23.3 Å². The number of amides is 1. The predicted molar refractivity (Wildman–Crippen MR) is 122 cm³/mol. The molecule has 2 aliphatic heterocycles. The number of alkyl halides is 3. The van der Waals surface area contributed by atoms with Gasteiger partial charge in [0.2, 0.25) is 5.91 Å². The van der Waals surface area contributed by atoms with Crippen LogP contribution < -0.4 is 19.9 Å². The molecule has 1 fully saturated rings. The fraction of sp³-hybridized carbons (Fsp3) is 0.545. The highest BCUT2D eigenvalue weighted by Gasteiger charge is 2.38. The molecule has 0 unspecified atom stereocenters. The van der Waals surface area contributed by atoms with E-state index in [4.69, 9.17) is 25.8 Å². The van der Waals surface area contributed by atoms with Crippen LogP contribution in [-0.4, -0.2) is 77.6 Å². The summed E-state index contributed by atoms with van der Waals surface area (Å²) in [5.41, 5.74) is -2.84. The van der Waals surface area contributed by atoms with Crippen LogP contribution in [-0.2, 0) is 15.7 Å². The predicted octanol–water partition coefficient (Wildman–Crippen LogP) is 2.51. The first-order valence-electron chi connectivity index (χ1n) is 11.4. The maximum atomic E-state index is 13.1. The molecule has 4 rings (SSSR count). The summed E-state index contributed by atoms with van der Waals surface area (Å²) in [5.74, 6) is 0.584. The lowest BCUT2D eigenvalue weighted by atomic mass is 10.1. The third-order valence-corrected chi connectivity index (χ3v) is 6.07. The van der Waals surface area contributed by atoms with Crippen LogP contribution in [0.1, 0.15) is 25.3 Å². The molecule has 196 valence electrons. The van der Waals surface area contributed by atoms with Crippen LogP contribution in [0.4, 0.5) is 19.0 Å². The molecule has 4 heterocycles. The number of fused-ring (bicyclic) bond motifs is 3. The van der Waals surface area contributed by atoms with Gasteiger partial charge in [0.25, 0.3) is 5.56 Å². The molecule has 2 atom stereocenters. The van der Waals surface area contributed by atoms with Crippen molar-refractivity contribution in [3.05, 3.63) is 39.4 Å². The molecule has 2 aromatic rings. The van der Waals surface area contributed by atoms with E-state index in [1.807, 2.05) is 0 Å². The number of hydrogen-bond acceptors (Lipinski definition) is 8. The zero-order valence-electron chi connectivity index (χ0n) is 19.4. The molecule has 2 aliphatic rings. The number of aromatic nitrogens is 3. The van der Waals surface area contributed by atoms with Gasteiger partial charge in [0.15, 0.2) is 22.9 Å². The van der Waals surface area contributed by atoms with Gasteiger partial charge in [-0.3, -0.25) is 9.59 Å². The Bertz CT molecular complexity index is 1150. The minimum absolute atomic E-state index is 0.0532. The van der Waals surface area contributed by atoms with Crippen molar-refractivity contribution in [3.63, 3.8) is 0 Å². The number of nitrogens with one attached hydrogen (secondary N) is 1. The Morgan fingerprint density at radius 2 is 2.17 bits per heavy atom. The first-order valence-corrected chi connectivity index (χ1v) is 11.7. The number of anilines is 1. The van der Waals surface area contributed by atoms with Crippen molar-refractivity contribution in [1.29, 1.82) is 0 Å². The number of pyridine rings is 1. The van der Waals surface area contributed by atoms with Crippen LogP contribution in [0.5, 0.6) is 11.5 Å². The number of halogens is 4. The Balaban J connectivity index is 1.24. The van der Waals surface area contributed by atoms with Crippen molar-refractivity contribution in [2.45, 2.75) is 38.1 Å². The molecule has 0 radical (unpaired) electrons. The van der Waals surface area contributed by atoms with E-state index < -0.39 is 29.2 Å². The number of carbonyl (C=O) groups is 1. The normalized spacial score (nSPS) is 18.5. The average Bonchev–Trinajstić information content (AvgIpc) is 2.99. The van der Waals surface area contributed by atoms with Crippen LogP contribution in [0.3, 0.4) is 0 Å². The number of piperazine rings is 1. The molecule has 36 heavy (non-hydrogen) atoms. The lowest BCUT2D eigenvalue weighted by Crippen LogP contribution is -2.55. The zero-order chi connectivity index (χ0) is 25.9. The second-order valence-electron chi connectivity index (χ2n) is 8.49. The van der Waals surface area contributed by atoms with Crippen LogP contribution in [0.25, 0.3) is 0 Å². The minimum atomic E-state index is -4.89. The van der Waals surface area contributed by atoms with Crippen LogP contribution in [0.2, 0.25) is 5.02 Å². The average molecular weight is 532 g/mol. The maximum absolute atomic E-state index is 13.1. The Labute approximate surface area is 209 Å². The van der Waals surface area contributed by atoms with Gasteiger partial charge in [-0.2, -0.15) is 18.3 Å². The standard InChI is InChI=1S/C22H25ClF3N5O5/c1-13(36-17-10-28-29-21(33)19(17)22(24,25)26)12-34-6-3-18(32)30-4-5-31-15(11-30)2-7-35-16-8-14(23)9-27-20(16)31/h8-10,13,15H,2-7,11-12H2,1H3,(H,29,33)/t13-,15+/m0/s1. The lowest BCUT2D eigenvalue weighted by molar-refractivity contribution is -0.141. The van der Waals surface area contributed by atoms with E-state index in [1.165, 1.54) is 6.92 Å². The van der Waals surface area contributed by atoms with Crippen molar-refractivity contribution in [1.82, 2.24) is 20.1 Å². The van der Waals surface area contributed by atoms with Gasteiger partial charge < -0.3 is 24.0 Å². The number of nitrogens with zero attached hydrogens (tertiary/aromatic N) is 4. The fourth-order valence-corrected chi connectivity index (χ4v) is 4.35. The summed E-state index contributed by atoms with van der Waals surface area (Å²) in [6.45, 7) is 3.60. The van der Waals surface area contributed by atoms with E-state index in [9.17, 15) is 22.8 Å². The van der Waals surface area contributed by atoms with Crippen LogP contribution in [0.15, 0.2) is 23.3 Å². The van der Waals surface area contributed by atoms with Gasteiger partial charge in [0.1, 0.15) is 6.10 Å². The molecule has 2 aromatic heterocycles. The van der Waals surface area contributed by atoms with Gasteiger partial charge in [-0.15, -0.1) is 0 Å². The van der Waals surface area contributed by atoms with Gasteiger partial charge in [0, 0.05) is 38.3 Å². The Hall–Kier alpha value is -3.06. The summed E-state index contributed by atoms with van der Waals surface area (Å²) in [4.78, 5) is 32.6. The maximum Gasteiger partial charge on any atom is 0.425 e. The Morgan fingerprint density at radius 3 is 2.94 bits per heavy atom. The topological polar surface area (TPSA) is 110 Å². The number of rotatable bonds is 7.